The van der Waals surface area contributed by atoms with Crippen LogP contribution < -0.4 is 4.74 Å². The Hall–Kier alpha value is -2.70. The molecule has 0 aliphatic carbocycles. The van der Waals surface area contributed by atoms with Gasteiger partial charge in [0.2, 0.25) is 5.82 Å². The van der Waals surface area contributed by atoms with Gasteiger partial charge in [-0.3, -0.25) is 0 Å². The number of benzene rings is 1. The number of methoxy groups -OCH3 is 1. The molecule has 0 bridgehead atoms. The molecule has 7 heteroatoms. The molecule has 0 radical (unpaired) electrons. The van der Waals surface area contributed by atoms with E-state index in [1.54, 1.807) is 22.8 Å². The van der Waals surface area contributed by atoms with Crippen LogP contribution in [0.1, 0.15) is 19.9 Å². The largest absolute Gasteiger partial charge is 0.497 e. The van der Waals surface area contributed by atoms with E-state index in [9.17, 15) is 0 Å². The van der Waals surface area contributed by atoms with Gasteiger partial charge in [-0.1, -0.05) is 0 Å². The lowest BCUT2D eigenvalue weighted by molar-refractivity contribution is 0.414. The van der Waals surface area contributed by atoms with Crippen LogP contribution >= 0.6 is 0 Å². The molecule has 7 nitrogen and oxygen atoms in total. The SMILES string of the molecule is COc1ccc(-n2cc(-c3nnn(C(C)C)n3)cn2)cc1. The van der Waals surface area contributed by atoms with Crippen LogP contribution in [0.3, 0.4) is 0 Å². The molecule has 0 aliphatic heterocycles. The van der Waals surface area contributed by atoms with Crippen molar-refractivity contribution in [1.82, 2.24) is 30.0 Å². The Kier molecular flexibility index (Phi) is 3.39. The van der Waals surface area contributed by atoms with Gasteiger partial charge in [-0.25, -0.2) is 4.68 Å². The number of rotatable bonds is 4. The molecular formula is C14H16N6O. The molecule has 0 fully saturated rings. The maximum atomic E-state index is 5.14. The minimum atomic E-state index is 0.183. The highest BCUT2D eigenvalue weighted by Gasteiger charge is 2.10. The molecule has 0 atom stereocenters. The van der Waals surface area contributed by atoms with Crippen molar-refractivity contribution in [1.29, 1.82) is 0 Å². The molecule has 1 aromatic carbocycles. The third kappa shape index (κ3) is 2.62. The monoisotopic (exact) mass is 284 g/mol. The summed E-state index contributed by atoms with van der Waals surface area (Å²) in [5, 5.41) is 16.7. The average Bonchev–Trinajstić information content (AvgIpc) is 3.16. The predicted molar refractivity (Wildman–Crippen MR) is 77.3 cm³/mol. The van der Waals surface area contributed by atoms with E-state index in [1.165, 1.54) is 0 Å². The van der Waals surface area contributed by atoms with Gasteiger partial charge in [-0.15, -0.1) is 10.2 Å². The van der Waals surface area contributed by atoms with E-state index in [1.807, 2.05) is 44.3 Å². The van der Waals surface area contributed by atoms with Crippen molar-refractivity contribution < 1.29 is 4.74 Å². The zero-order valence-corrected chi connectivity index (χ0v) is 12.1. The lowest BCUT2D eigenvalue weighted by Crippen LogP contribution is -2.04. The normalized spacial score (nSPS) is 11.0. The van der Waals surface area contributed by atoms with Crippen molar-refractivity contribution in [3.05, 3.63) is 36.7 Å². The Bertz CT molecular complexity index is 728. The minimum Gasteiger partial charge on any atom is -0.497 e. The van der Waals surface area contributed by atoms with Gasteiger partial charge in [-0.05, 0) is 43.3 Å². The highest BCUT2D eigenvalue weighted by Crippen LogP contribution is 2.18. The maximum Gasteiger partial charge on any atom is 0.208 e. The standard InChI is InChI=1S/C14H16N6O/c1-10(2)20-17-14(16-18-20)11-8-15-19(9-11)12-4-6-13(21-3)7-5-12/h4-10H,1-3H3. The lowest BCUT2D eigenvalue weighted by Gasteiger charge is -2.02. The third-order valence-corrected chi connectivity index (χ3v) is 3.07. The van der Waals surface area contributed by atoms with Crippen LogP contribution in [0.4, 0.5) is 0 Å². The van der Waals surface area contributed by atoms with Gasteiger partial charge >= 0.3 is 0 Å². The van der Waals surface area contributed by atoms with Crippen molar-refractivity contribution in [3.8, 4) is 22.8 Å². The summed E-state index contributed by atoms with van der Waals surface area (Å²) in [5.41, 5.74) is 1.77. The minimum absolute atomic E-state index is 0.183. The molecule has 2 heterocycles. The smallest absolute Gasteiger partial charge is 0.208 e. The van der Waals surface area contributed by atoms with E-state index in [-0.39, 0.29) is 6.04 Å². The van der Waals surface area contributed by atoms with Gasteiger partial charge in [0.25, 0.3) is 0 Å². The van der Waals surface area contributed by atoms with Crippen LogP contribution in [-0.2, 0) is 0 Å². The summed E-state index contributed by atoms with van der Waals surface area (Å²) in [6.45, 7) is 4.01. The van der Waals surface area contributed by atoms with Crippen LogP contribution in [-0.4, -0.2) is 37.1 Å². The van der Waals surface area contributed by atoms with Gasteiger partial charge in [0.05, 0.1) is 30.6 Å². The summed E-state index contributed by atoms with van der Waals surface area (Å²) in [4.78, 5) is 1.58. The Balaban J connectivity index is 1.87. The fourth-order valence-corrected chi connectivity index (χ4v) is 1.87. The predicted octanol–water partition coefficient (Wildman–Crippen LogP) is 2.12. The van der Waals surface area contributed by atoms with Gasteiger partial charge in [0, 0.05) is 6.20 Å². The highest BCUT2D eigenvalue weighted by atomic mass is 16.5. The van der Waals surface area contributed by atoms with Gasteiger partial charge < -0.3 is 4.74 Å². The maximum absolute atomic E-state index is 5.14. The van der Waals surface area contributed by atoms with E-state index in [4.69, 9.17) is 4.74 Å². The first-order valence-corrected chi connectivity index (χ1v) is 6.66. The number of nitrogens with zero attached hydrogens (tertiary/aromatic N) is 6. The molecule has 0 amide bonds. The summed E-state index contributed by atoms with van der Waals surface area (Å²) in [6.07, 6.45) is 3.61. The number of hydrogen-bond acceptors (Lipinski definition) is 5. The Morgan fingerprint density at radius 3 is 2.52 bits per heavy atom. The first-order chi connectivity index (χ1) is 10.2. The van der Waals surface area contributed by atoms with E-state index in [0.29, 0.717) is 5.82 Å². The van der Waals surface area contributed by atoms with E-state index >= 15 is 0 Å². The topological polar surface area (TPSA) is 70.7 Å². The zero-order chi connectivity index (χ0) is 14.8. The second-order valence-electron chi connectivity index (χ2n) is 4.90. The van der Waals surface area contributed by atoms with Crippen molar-refractivity contribution in [2.75, 3.05) is 7.11 Å². The quantitative estimate of drug-likeness (QED) is 0.734. The fourth-order valence-electron chi connectivity index (χ4n) is 1.87. The molecule has 0 N–H and O–H groups in total. The number of aromatic nitrogens is 6. The van der Waals surface area contributed by atoms with Crippen LogP contribution in [0.15, 0.2) is 36.7 Å². The molecular weight excluding hydrogens is 268 g/mol. The third-order valence-electron chi connectivity index (χ3n) is 3.07. The van der Waals surface area contributed by atoms with Gasteiger partial charge in [0.15, 0.2) is 0 Å². The van der Waals surface area contributed by atoms with Crippen LogP contribution in [0.2, 0.25) is 0 Å². The first-order valence-electron chi connectivity index (χ1n) is 6.66. The van der Waals surface area contributed by atoms with Crippen LogP contribution in [0.5, 0.6) is 5.75 Å². The fraction of sp³-hybridized carbons (Fsp3) is 0.286. The molecule has 0 saturated heterocycles. The van der Waals surface area contributed by atoms with Crippen molar-refractivity contribution >= 4 is 0 Å². The molecule has 0 saturated carbocycles. The molecule has 0 spiro atoms. The van der Waals surface area contributed by atoms with Crippen molar-refractivity contribution in [2.24, 2.45) is 0 Å². The van der Waals surface area contributed by atoms with Crippen LogP contribution in [0.25, 0.3) is 17.1 Å². The molecule has 0 aliphatic rings. The summed E-state index contributed by atoms with van der Waals surface area (Å²) >= 11 is 0. The average molecular weight is 284 g/mol. The molecule has 3 aromatic rings. The molecule has 2 aromatic heterocycles. The van der Waals surface area contributed by atoms with Crippen molar-refractivity contribution in [3.63, 3.8) is 0 Å². The Labute approximate surface area is 122 Å². The summed E-state index contributed by atoms with van der Waals surface area (Å²) < 4.78 is 6.91. The number of hydrogen-bond donors (Lipinski definition) is 0. The van der Waals surface area contributed by atoms with E-state index in [2.05, 4.69) is 20.5 Å². The Morgan fingerprint density at radius 2 is 1.90 bits per heavy atom. The molecule has 3 rings (SSSR count). The van der Waals surface area contributed by atoms with E-state index in [0.717, 1.165) is 17.0 Å². The Morgan fingerprint density at radius 1 is 1.14 bits per heavy atom. The zero-order valence-electron chi connectivity index (χ0n) is 12.1. The summed E-state index contributed by atoms with van der Waals surface area (Å²) in [7, 11) is 1.64. The molecule has 21 heavy (non-hydrogen) atoms. The highest BCUT2D eigenvalue weighted by molar-refractivity contribution is 5.52. The van der Waals surface area contributed by atoms with Crippen LogP contribution in [0, 0.1) is 0 Å². The molecule has 108 valence electrons. The second-order valence-corrected chi connectivity index (χ2v) is 4.90. The summed E-state index contributed by atoms with van der Waals surface area (Å²) in [6, 6.07) is 7.85. The van der Waals surface area contributed by atoms with Gasteiger partial charge in [-0.2, -0.15) is 9.90 Å². The first kappa shape index (κ1) is 13.3. The summed E-state index contributed by atoms with van der Waals surface area (Å²) in [5.74, 6) is 1.39. The van der Waals surface area contributed by atoms with Gasteiger partial charge in [0.1, 0.15) is 5.75 Å². The number of tetrazole rings is 1. The number of ether oxygens (including phenoxy) is 1. The second kappa shape index (κ2) is 5.35. The lowest BCUT2D eigenvalue weighted by atomic mass is 10.3. The molecule has 0 unspecified atom stereocenters. The van der Waals surface area contributed by atoms with E-state index < -0.39 is 0 Å². The van der Waals surface area contributed by atoms with Crippen molar-refractivity contribution in [2.45, 2.75) is 19.9 Å².